The highest BCUT2D eigenvalue weighted by atomic mass is 79.9. The van der Waals surface area contributed by atoms with Crippen molar-refractivity contribution in [1.82, 2.24) is 9.78 Å². The predicted molar refractivity (Wildman–Crippen MR) is 82.8 cm³/mol. The summed E-state index contributed by atoms with van der Waals surface area (Å²) in [6, 6.07) is 8.32. The van der Waals surface area contributed by atoms with Crippen LogP contribution in [0, 0.1) is 6.92 Å². The molecule has 2 aromatic rings. The highest BCUT2D eigenvalue weighted by molar-refractivity contribution is 9.10. The molecule has 0 bridgehead atoms. The molecule has 106 valence electrons. The Morgan fingerprint density at radius 2 is 1.90 bits per heavy atom. The second-order valence-electron chi connectivity index (χ2n) is 5.69. The molecule has 0 unspecified atom stereocenters. The molecule has 4 heteroatoms. The van der Waals surface area contributed by atoms with Gasteiger partial charge < -0.3 is 5.11 Å². The molecule has 1 aliphatic rings. The molecule has 1 heterocycles. The first-order valence-corrected chi connectivity index (χ1v) is 7.82. The average Bonchev–Trinajstić information content (AvgIpc) is 2.89. The molecule has 0 saturated carbocycles. The van der Waals surface area contributed by atoms with Crippen LogP contribution >= 0.6 is 15.9 Å². The van der Waals surface area contributed by atoms with E-state index in [1.165, 1.54) is 11.1 Å². The lowest BCUT2D eigenvalue weighted by atomic mass is 9.94. The van der Waals surface area contributed by atoms with Gasteiger partial charge in [-0.15, -0.1) is 0 Å². The van der Waals surface area contributed by atoms with Crippen molar-refractivity contribution < 1.29 is 5.11 Å². The fourth-order valence-corrected chi connectivity index (χ4v) is 3.57. The minimum absolute atomic E-state index is 0.636. The van der Waals surface area contributed by atoms with Crippen LogP contribution in [0.2, 0.25) is 0 Å². The molecule has 3 rings (SSSR count). The Labute approximate surface area is 127 Å². The molecule has 20 heavy (non-hydrogen) atoms. The van der Waals surface area contributed by atoms with E-state index in [2.05, 4.69) is 40.1 Å². The monoisotopic (exact) mass is 334 g/mol. The van der Waals surface area contributed by atoms with Crippen molar-refractivity contribution in [2.75, 3.05) is 0 Å². The van der Waals surface area contributed by atoms with E-state index >= 15 is 0 Å². The fourth-order valence-electron chi connectivity index (χ4n) is 3.15. The standard InChI is InChI=1S/C16H19BrN2O/c1-3-19-14(15(17)11(2)18-19)10-16(20)8-12-6-4-5-7-13(12)9-16/h4-7,20H,3,8-10H2,1-2H3. The molecule has 1 aromatic carbocycles. The maximum atomic E-state index is 11.0. The largest absolute Gasteiger partial charge is 0.389 e. The summed E-state index contributed by atoms with van der Waals surface area (Å²) in [6.07, 6.45) is 2.09. The molecule has 0 atom stereocenters. The van der Waals surface area contributed by atoms with Crippen LogP contribution in [0.4, 0.5) is 0 Å². The van der Waals surface area contributed by atoms with Crippen molar-refractivity contribution in [2.24, 2.45) is 0 Å². The molecular formula is C16H19BrN2O. The van der Waals surface area contributed by atoms with E-state index in [0.29, 0.717) is 6.42 Å². The third kappa shape index (κ3) is 2.31. The fraction of sp³-hybridized carbons (Fsp3) is 0.438. The molecule has 0 saturated heterocycles. The lowest BCUT2D eigenvalue weighted by molar-refractivity contribution is 0.0495. The molecule has 1 aromatic heterocycles. The van der Waals surface area contributed by atoms with Gasteiger partial charge in [0.2, 0.25) is 0 Å². The Kier molecular flexibility index (Phi) is 3.46. The molecule has 0 radical (unpaired) electrons. The first kappa shape index (κ1) is 13.8. The second-order valence-corrected chi connectivity index (χ2v) is 6.48. The summed E-state index contributed by atoms with van der Waals surface area (Å²) in [6.45, 7) is 4.90. The number of nitrogens with zero attached hydrogens (tertiary/aromatic N) is 2. The number of aryl methyl sites for hydroxylation is 2. The second kappa shape index (κ2) is 5.01. The maximum Gasteiger partial charge on any atom is 0.0783 e. The van der Waals surface area contributed by atoms with Crippen LogP contribution in [0.25, 0.3) is 0 Å². The van der Waals surface area contributed by atoms with E-state index in [-0.39, 0.29) is 0 Å². The SMILES string of the molecule is CCn1nc(C)c(Br)c1CC1(O)Cc2ccccc2C1. The minimum atomic E-state index is -0.689. The van der Waals surface area contributed by atoms with Crippen molar-refractivity contribution >= 4 is 15.9 Å². The first-order chi connectivity index (χ1) is 9.52. The Morgan fingerprint density at radius 1 is 1.30 bits per heavy atom. The van der Waals surface area contributed by atoms with Gasteiger partial charge in [-0.05, 0) is 40.9 Å². The average molecular weight is 335 g/mol. The van der Waals surface area contributed by atoms with Gasteiger partial charge in [0, 0.05) is 25.8 Å². The third-order valence-electron chi connectivity index (χ3n) is 4.11. The zero-order valence-electron chi connectivity index (χ0n) is 11.9. The van der Waals surface area contributed by atoms with Crippen LogP contribution in [0.5, 0.6) is 0 Å². The number of aliphatic hydroxyl groups is 1. The Morgan fingerprint density at radius 3 is 2.45 bits per heavy atom. The quantitative estimate of drug-likeness (QED) is 0.936. The number of aromatic nitrogens is 2. The van der Waals surface area contributed by atoms with Crippen LogP contribution in [0.15, 0.2) is 28.7 Å². The van der Waals surface area contributed by atoms with E-state index < -0.39 is 5.60 Å². The van der Waals surface area contributed by atoms with E-state index in [4.69, 9.17) is 0 Å². The highest BCUT2D eigenvalue weighted by Gasteiger charge is 2.36. The Balaban J connectivity index is 1.90. The van der Waals surface area contributed by atoms with Gasteiger partial charge in [-0.3, -0.25) is 4.68 Å². The van der Waals surface area contributed by atoms with E-state index in [9.17, 15) is 5.11 Å². The highest BCUT2D eigenvalue weighted by Crippen LogP contribution is 2.34. The molecular weight excluding hydrogens is 316 g/mol. The lowest BCUT2D eigenvalue weighted by Gasteiger charge is -2.22. The molecule has 0 spiro atoms. The smallest absolute Gasteiger partial charge is 0.0783 e. The summed E-state index contributed by atoms with van der Waals surface area (Å²) < 4.78 is 3.02. The number of fused-ring (bicyclic) bond motifs is 1. The number of halogens is 1. The Bertz CT molecular complexity index is 623. The van der Waals surface area contributed by atoms with Gasteiger partial charge in [-0.25, -0.2) is 0 Å². The van der Waals surface area contributed by atoms with Crippen LogP contribution < -0.4 is 0 Å². The zero-order valence-corrected chi connectivity index (χ0v) is 13.4. The van der Waals surface area contributed by atoms with Crippen LogP contribution in [-0.4, -0.2) is 20.5 Å². The Hall–Kier alpha value is -1.13. The molecule has 3 nitrogen and oxygen atoms in total. The summed E-state index contributed by atoms with van der Waals surface area (Å²) >= 11 is 3.61. The summed E-state index contributed by atoms with van der Waals surface area (Å²) in [5.41, 5.74) is 3.93. The van der Waals surface area contributed by atoms with Crippen molar-refractivity contribution in [3.8, 4) is 0 Å². The van der Waals surface area contributed by atoms with E-state index in [1.54, 1.807) is 0 Å². The van der Waals surface area contributed by atoms with Gasteiger partial charge in [0.1, 0.15) is 0 Å². The number of benzene rings is 1. The number of hydrogen-bond donors (Lipinski definition) is 1. The van der Waals surface area contributed by atoms with Crippen molar-refractivity contribution in [3.63, 3.8) is 0 Å². The van der Waals surface area contributed by atoms with Gasteiger partial charge in [0.05, 0.1) is 21.5 Å². The van der Waals surface area contributed by atoms with Crippen molar-refractivity contribution in [3.05, 3.63) is 51.3 Å². The molecule has 0 amide bonds. The lowest BCUT2D eigenvalue weighted by Crippen LogP contribution is -2.33. The number of hydrogen-bond acceptors (Lipinski definition) is 2. The first-order valence-electron chi connectivity index (χ1n) is 7.03. The molecule has 1 N–H and O–H groups in total. The minimum Gasteiger partial charge on any atom is -0.389 e. The van der Waals surface area contributed by atoms with Crippen LogP contribution in [-0.2, 0) is 25.8 Å². The van der Waals surface area contributed by atoms with Gasteiger partial charge in [-0.1, -0.05) is 24.3 Å². The van der Waals surface area contributed by atoms with Crippen LogP contribution in [0.3, 0.4) is 0 Å². The summed E-state index contributed by atoms with van der Waals surface area (Å²) in [4.78, 5) is 0. The topological polar surface area (TPSA) is 38.0 Å². The maximum absolute atomic E-state index is 11.0. The molecule has 0 aliphatic heterocycles. The molecule has 1 aliphatic carbocycles. The van der Waals surface area contributed by atoms with E-state index in [0.717, 1.165) is 35.2 Å². The van der Waals surface area contributed by atoms with E-state index in [1.807, 2.05) is 23.7 Å². The summed E-state index contributed by atoms with van der Waals surface area (Å²) in [5.74, 6) is 0. The summed E-state index contributed by atoms with van der Waals surface area (Å²) in [7, 11) is 0. The van der Waals surface area contributed by atoms with Gasteiger partial charge in [0.15, 0.2) is 0 Å². The third-order valence-corrected chi connectivity index (χ3v) is 5.14. The van der Waals surface area contributed by atoms with Crippen molar-refractivity contribution in [2.45, 2.75) is 45.3 Å². The zero-order chi connectivity index (χ0) is 14.3. The van der Waals surface area contributed by atoms with Gasteiger partial charge in [0.25, 0.3) is 0 Å². The predicted octanol–water partition coefficient (Wildman–Crippen LogP) is 3.05. The van der Waals surface area contributed by atoms with Crippen LogP contribution in [0.1, 0.15) is 29.4 Å². The number of rotatable bonds is 3. The van der Waals surface area contributed by atoms with Gasteiger partial charge >= 0.3 is 0 Å². The van der Waals surface area contributed by atoms with Crippen molar-refractivity contribution in [1.29, 1.82) is 0 Å². The molecule has 0 fully saturated rings. The normalized spacial score (nSPS) is 16.4. The van der Waals surface area contributed by atoms with Gasteiger partial charge in [-0.2, -0.15) is 5.10 Å². The summed E-state index contributed by atoms with van der Waals surface area (Å²) in [5, 5.41) is 15.5.